The lowest BCUT2D eigenvalue weighted by Crippen LogP contribution is -2.29. The fourth-order valence-electron chi connectivity index (χ4n) is 3.41. The Kier molecular flexibility index (Phi) is 5.31. The fraction of sp³-hybridized carbons (Fsp3) is 0.350. The number of nitrogens with zero attached hydrogens (tertiary/aromatic N) is 3. The summed E-state index contributed by atoms with van der Waals surface area (Å²) in [5, 5.41) is 3.30. The Labute approximate surface area is 166 Å². The van der Waals surface area contributed by atoms with Gasteiger partial charge in [0.15, 0.2) is 5.16 Å². The molecule has 0 aliphatic carbocycles. The van der Waals surface area contributed by atoms with Gasteiger partial charge in [-0.1, -0.05) is 42.1 Å². The molecule has 1 saturated heterocycles. The van der Waals surface area contributed by atoms with E-state index in [1.807, 2.05) is 47.5 Å². The summed E-state index contributed by atoms with van der Waals surface area (Å²) in [5.41, 5.74) is 1.92. The van der Waals surface area contributed by atoms with Crippen LogP contribution in [0, 0.1) is 0 Å². The van der Waals surface area contributed by atoms with Crippen molar-refractivity contribution in [2.45, 2.75) is 31.5 Å². The highest BCUT2D eigenvalue weighted by molar-refractivity contribution is 7.99. The van der Waals surface area contributed by atoms with E-state index in [-0.39, 0.29) is 11.5 Å². The number of aromatic nitrogens is 2. The van der Waals surface area contributed by atoms with Gasteiger partial charge in [0.2, 0.25) is 5.91 Å². The number of thioether (sulfide) groups is 1. The maximum absolute atomic E-state index is 13.2. The molecule has 1 aliphatic heterocycles. The molecule has 7 heteroatoms. The Morgan fingerprint density at radius 2 is 1.96 bits per heavy atom. The zero-order valence-corrected chi connectivity index (χ0v) is 16.8. The van der Waals surface area contributed by atoms with Crippen LogP contribution in [0.15, 0.2) is 45.7 Å². The number of rotatable bonds is 5. The number of benzene rings is 1. The van der Waals surface area contributed by atoms with Crippen LogP contribution in [0.3, 0.4) is 0 Å². The van der Waals surface area contributed by atoms with Crippen LogP contribution in [0.5, 0.6) is 0 Å². The van der Waals surface area contributed by atoms with Crippen LogP contribution in [0.2, 0.25) is 0 Å². The lowest BCUT2D eigenvalue weighted by atomic mass is 10.1. The van der Waals surface area contributed by atoms with Crippen LogP contribution in [-0.2, 0) is 11.3 Å². The molecule has 2 aromatic heterocycles. The number of likely N-dealkylation sites (tertiary alicyclic amines) is 1. The van der Waals surface area contributed by atoms with Crippen molar-refractivity contribution < 1.29 is 4.79 Å². The fourth-order valence-corrected chi connectivity index (χ4v) is 5.36. The van der Waals surface area contributed by atoms with Gasteiger partial charge in [0.25, 0.3) is 5.56 Å². The second kappa shape index (κ2) is 7.86. The molecule has 5 nitrogen and oxygen atoms in total. The number of carbonyl (C=O) groups excluding carboxylic acids is 1. The molecule has 0 unspecified atom stereocenters. The second-order valence-electron chi connectivity index (χ2n) is 6.52. The summed E-state index contributed by atoms with van der Waals surface area (Å²) in [6.45, 7) is 4.16. The quantitative estimate of drug-likeness (QED) is 0.483. The van der Waals surface area contributed by atoms with E-state index in [9.17, 15) is 9.59 Å². The Morgan fingerprint density at radius 3 is 2.67 bits per heavy atom. The van der Waals surface area contributed by atoms with Gasteiger partial charge >= 0.3 is 0 Å². The largest absolute Gasteiger partial charge is 0.342 e. The Balaban J connectivity index is 1.68. The van der Waals surface area contributed by atoms with Gasteiger partial charge in [0.1, 0.15) is 4.83 Å². The molecular weight excluding hydrogens is 378 g/mol. The summed E-state index contributed by atoms with van der Waals surface area (Å²) >= 11 is 2.85. The number of fused-ring (bicyclic) bond motifs is 1. The van der Waals surface area contributed by atoms with Gasteiger partial charge in [-0.2, -0.15) is 0 Å². The number of amides is 1. The molecule has 0 radical (unpaired) electrons. The molecule has 1 amide bonds. The van der Waals surface area contributed by atoms with Crippen LogP contribution in [0.4, 0.5) is 0 Å². The summed E-state index contributed by atoms with van der Waals surface area (Å²) in [4.78, 5) is 32.9. The molecule has 3 aromatic rings. The molecule has 1 aliphatic rings. The van der Waals surface area contributed by atoms with E-state index in [0.29, 0.717) is 22.8 Å². The molecular formula is C20H21N3O2S2. The van der Waals surface area contributed by atoms with Crippen molar-refractivity contribution >= 4 is 39.2 Å². The van der Waals surface area contributed by atoms with Crippen LogP contribution >= 0.6 is 23.1 Å². The zero-order chi connectivity index (χ0) is 18.8. The van der Waals surface area contributed by atoms with E-state index in [0.717, 1.165) is 41.9 Å². The smallest absolute Gasteiger partial charge is 0.263 e. The first kappa shape index (κ1) is 18.3. The Morgan fingerprint density at radius 1 is 1.22 bits per heavy atom. The lowest BCUT2D eigenvalue weighted by molar-refractivity contribution is -0.127. The number of hydrogen-bond donors (Lipinski definition) is 0. The minimum absolute atomic E-state index is 0.0290. The Hall–Kier alpha value is -2.12. The number of carbonyl (C=O) groups is 1. The first-order valence-electron chi connectivity index (χ1n) is 9.17. The zero-order valence-electron chi connectivity index (χ0n) is 15.2. The highest BCUT2D eigenvalue weighted by atomic mass is 32.2. The van der Waals surface area contributed by atoms with Crippen molar-refractivity contribution in [1.82, 2.24) is 14.5 Å². The van der Waals surface area contributed by atoms with Crippen LogP contribution < -0.4 is 5.56 Å². The average molecular weight is 400 g/mol. The van der Waals surface area contributed by atoms with Gasteiger partial charge in [0.05, 0.1) is 11.1 Å². The van der Waals surface area contributed by atoms with E-state index in [1.165, 1.54) is 23.1 Å². The number of hydrogen-bond acceptors (Lipinski definition) is 5. The summed E-state index contributed by atoms with van der Waals surface area (Å²) in [6.07, 6.45) is 2.16. The Bertz CT molecular complexity index is 1020. The molecule has 4 rings (SSSR count). The van der Waals surface area contributed by atoms with Crippen molar-refractivity contribution in [3.05, 3.63) is 46.1 Å². The topological polar surface area (TPSA) is 55.2 Å². The second-order valence-corrected chi connectivity index (χ2v) is 8.32. The van der Waals surface area contributed by atoms with Gasteiger partial charge in [-0.3, -0.25) is 14.2 Å². The minimum atomic E-state index is -0.0290. The molecule has 0 atom stereocenters. The standard InChI is InChI=1S/C20H21N3O2S2/c1-2-23-19(25)17-15(14-8-4-3-5-9-14)12-26-18(17)21-20(23)27-13-16(24)22-10-6-7-11-22/h3-5,8-9,12H,2,6-7,10-11,13H2,1H3. The van der Waals surface area contributed by atoms with Crippen LogP contribution in [0.25, 0.3) is 21.3 Å². The third-order valence-electron chi connectivity index (χ3n) is 4.84. The molecule has 140 valence electrons. The van der Waals surface area contributed by atoms with Gasteiger partial charge in [-0.25, -0.2) is 4.98 Å². The molecule has 0 saturated carbocycles. The van der Waals surface area contributed by atoms with Gasteiger partial charge in [-0.05, 0) is 25.3 Å². The third-order valence-corrected chi connectivity index (χ3v) is 6.68. The summed E-state index contributed by atoms with van der Waals surface area (Å²) in [6, 6.07) is 9.92. The molecule has 0 spiro atoms. The van der Waals surface area contributed by atoms with Gasteiger partial charge in [-0.15, -0.1) is 11.3 Å². The molecule has 0 bridgehead atoms. The maximum Gasteiger partial charge on any atom is 0.263 e. The van der Waals surface area contributed by atoms with E-state index in [1.54, 1.807) is 4.57 Å². The monoisotopic (exact) mass is 399 g/mol. The van der Waals surface area contributed by atoms with Crippen molar-refractivity contribution in [3.8, 4) is 11.1 Å². The van der Waals surface area contributed by atoms with E-state index in [2.05, 4.69) is 0 Å². The van der Waals surface area contributed by atoms with E-state index >= 15 is 0 Å². The van der Waals surface area contributed by atoms with Crippen molar-refractivity contribution in [2.24, 2.45) is 0 Å². The van der Waals surface area contributed by atoms with Gasteiger partial charge < -0.3 is 4.90 Å². The summed E-state index contributed by atoms with van der Waals surface area (Å²) in [7, 11) is 0. The van der Waals surface area contributed by atoms with Crippen molar-refractivity contribution in [1.29, 1.82) is 0 Å². The third kappa shape index (κ3) is 3.53. The summed E-state index contributed by atoms with van der Waals surface area (Å²) < 4.78 is 1.68. The number of thiophene rings is 1. The lowest BCUT2D eigenvalue weighted by Gasteiger charge is -2.15. The SMILES string of the molecule is CCn1c(SCC(=O)N2CCCC2)nc2scc(-c3ccccc3)c2c1=O. The highest BCUT2D eigenvalue weighted by Crippen LogP contribution is 2.32. The van der Waals surface area contributed by atoms with Crippen molar-refractivity contribution in [3.63, 3.8) is 0 Å². The predicted molar refractivity (Wildman–Crippen MR) is 112 cm³/mol. The molecule has 1 aromatic carbocycles. The molecule has 3 heterocycles. The van der Waals surface area contributed by atoms with Gasteiger partial charge in [0, 0.05) is 30.6 Å². The maximum atomic E-state index is 13.2. The average Bonchev–Trinajstić information content (AvgIpc) is 3.37. The van der Waals surface area contributed by atoms with Crippen LogP contribution in [0.1, 0.15) is 19.8 Å². The predicted octanol–water partition coefficient (Wildman–Crippen LogP) is 3.86. The first-order chi connectivity index (χ1) is 13.2. The van der Waals surface area contributed by atoms with Crippen molar-refractivity contribution in [2.75, 3.05) is 18.8 Å². The summed E-state index contributed by atoms with van der Waals surface area (Å²) in [5.74, 6) is 0.458. The normalized spacial score (nSPS) is 14.2. The van der Waals surface area contributed by atoms with E-state index < -0.39 is 0 Å². The molecule has 27 heavy (non-hydrogen) atoms. The highest BCUT2D eigenvalue weighted by Gasteiger charge is 2.20. The molecule has 0 N–H and O–H groups in total. The molecule has 1 fully saturated rings. The minimum Gasteiger partial charge on any atom is -0.342 e. The first-order valence-corrected chi connectivity index (χ1v) is 11.0. The van der Waals surface area contributed by atoms with Crippen LogP contribution in [-0.4, -0.2) is 39.2 Å². The van der Waals surface area contributed by atoms with E-state index in [4.69, 9.17) is 4.98 Å².